The Balaban J connectivity index is 2.06. The van der Waals surface area contributed by atoms with Crippen LogP contribution in [0.25, 0.3) is 0 Å². The van der Waals surface area contributed by atoms with Crippen LogP contribution in [0.5, 0.6) is 0 Å². The molecule has 1 N–H and O–H groups in total. The third kappa shape index (κ3) is 2.44. The molecule has 0 aliphatic carbocycles. The highest BCUT2D eigenvalue weighted by molar-refractivity contribution is 5.83. The lowest BCUT2D eigenvalue weighted by Gasteiger charge is -2.35. The van der Waals surface area contributed by atoms with Crippen molar-refractivity contribution in [3.8, 4) is 0 Å². The second-order valence-corrected chi connectivity index (χ2v) is 5.72. The molecule has 3 unspecified atom stereocenters. The summed E-state index contributed by atoms with van der Waals surface area (Å²) in [5.41, 5.74) is 0. The zero-order chi connectivity index (χ0) is 13.3. The number of carboxylic acids is 1. The first-order chi connectivity index (χ1) is 8.50. The maximum atomic E-state index is 12.4. The Morgan fingerprint density at radius 1 is 1.17 bits per heavy atom. The first-order valence-electron chi connectivity index (χ1n) is 6.79. The van der Waals surface area contributed by atoms with E-state index < -0.39 is 12.0 Å². The van der Waals surface area contributed by atoms with Crippen LogP contribution in [0, 0.1) is 11.8 Å². The van der Waals surface area contributed by atoms with Gasteiger partial charge in [0.1, 0.15) is 6.04 Å². The predicted molar refractivity (Wildman–Crippen MR) is 67.3 cm³/mol. The van der Waals surface area contributed by atoms with Crippen LogP contribution in [0.1, 0.15) is 33.1 Å². The normalized spacial score (nSPS) is 32.7. The van der Waals surface area contributed by atoms with Crippen LogP contribution in [-0.2, 0) is 4.79 Å². The molecule has 102 valence electrons. The molecule has 2 heterocycles. The number of nitrogens with zero attached hydrogens (tertiary/aromatic N) is 2. The summed E-state index contributed by atoms with van der Waals surface area (Å²) >= 11 is 0. The molecule has 0 aromatic heterocycles. The molecule has 0 spiro atoms. The van der Waals surface area contributed by atoms with Crippen molar-refractivity contribution in [1.29, 1.82) is 0 Å². The summed E-state index contributed by atoms with van der Waals surface area (Å²) in [5, 5.41) is 9.24. The zero-order valence-corrected chi connectivity index (χ0v) is 11.1. The van der Waals surface area contributed by atoms with E-state index in [1.54, 1.807) is 4.90 Å². The molecule has 0 aromatic rings. The van der Waals surface area contributed by atoms with Crippen molar-refractivity contribution in [1.82, 2.24) is 9.80 Å². The summed E-state index contributed by atoms with van der Waals surface area (Å²) < 4.78 is 0. The highest BCUT2D eigenvalue weighted by Gasteiger charge is 2.41. The highest BCUT2D eigenvalue weighted by Crippen LogP contribution is 2.26. The quantitative estimate of drug-likeness (QED) is 0.773. The van der Waals surface area contributed by atoms with Crippen molar-refractivity contribution in [3.05, 3.63) is 0 Å². The molecule has 0 bridgehead atoms. The lowest BCUT2D eigenvalue weighted by atomic mass is 10.0. The van der Waals surface area contributed by atoms with Gasteiger partial charge < -0.3 is 14.9 Å². The molecular weight excluding hydrogens is 232 g/mol. The largest absolute Gasteiger partial charge is 0.480 e. The van der Waals surface area contributed by atoms with Gasteiger partial charge in [0, 0.05) is 19.6 Å². The Bertz CT molecular complexity index is 345. The van der Waals surface area contributed by atoms with Gasteiger partial charge in [-0.1, -0.05) is 13.8 Å². The van der Waals surface area contributed by atoms with Crippen LogP contribution in [0.2, 0.25) is 0 Å². The van der Waals surface area contributed by atoms with E-state index in [-0.39, 0.29) is 11.9 Å². The van der Waals surface area contributed by atoms with E-state index in [0.717, 1.165) is 32.4 Å². The van der Waals surface area contributed by atoms with E-state index in [1.165, 1.54) is 0 Å². The van der Waals surface area contributed by atoms with Crippen molar-refractivity contribution in [2.75, 3.05) is 19.6 Å². The molecule has 2 fully saturated rings. The van der Waals surface area contributed by atoms with Crippen LogP contribution < -0.4 is 0 Å². The van der Waals surface area contributed by atoms with Crippen LogP contribution in [0.3, 0.4) is 0 Å². The Kier molecular flexibility index (Phi) is 3.78. The van der Waals surface area contributed by atoms with Gasteiger partial charge in [-0.25, -0.2) is 9.59 Å². The third-order valence-corrected chi connectivity index (χ3v) is 4.13. The summed E-state index contributed by atoms with van der Waals surface area (Å²) in [5.74, 6) is -0.307. The van der Waals surface area contributed by atoms with E-state index >= 15 is 0 Å². The molecule has 5 nitrogen and oxygen atoms in total. The number of hydrogen-bond donors (Lipinski definition) is 1. The van der Waals surface area contributed by atoms with Crippen LogP contribution in [0.4, 0.5) is 4.79 Å². The third-order valence-electron chi connectivity index (χ3n) is 4.13. The van der Waals surface area contributed by atoms with Gasteiger partial charge in [-0.15, -0.1) is 0 Å². The molecule has 18 heavy (non-hydrogen) atoms. The number of rotatable bonds is 1. The summed E-state index contributed by atoms with van der Waals surface area (Å²) in [6, 6.07) is -0.729. The number of carboxylic acid groups (broad SMARTS) is 1. The monoisotopic (exact) mass is 254 g/mol. The van der Waals surface area contributed by atoms with Crippen LogP contribution in [0.15, 0.2) is 0 Å². The number of aliphatic carboxylic acids is 1. The van der Waals surface area contributed by atoms with Gasteiger partial charge in [-0.3, -0.25) is 0 Å². The van der Waals surface area contributed by atoms with Gasteiger partial charge in [0.15, 0.2) is 0 Å². The molecule has 2 aliphatic rings. The summed E-state index contributed by atoms with van der Waals surface area (Å²) in [7, 11) is 0. The fourth-order valence-electron chi connectivity index (χ4n) is 3.08. The number of carbonyl (C=O) groups is 2. The molecule has 0 aromatic carbocycles. The Hall–Kier alpha value is -1.26. The maximum absolute atomic E-state index is 12.4. The zero-order valence-electron chi connectivity index (χ0n) is 11.1. The fourth-order valence-corrected chi connectivity index (χ4v) is 3.08. The number of amides is 2. The Morgan fingerprint density at radius 2 is 1.89 bits per heavy atom. The molecule has 2 rings (SSSR count). The molecule has 0 saturated carbocycles. The topological polar surface area (TPSA) is 60.9 Å². The first-order valence-corrected chi connectivity index (χ1v) is 6.79. The Labute approximate surface area is 108 Å². The fraction of sp³-hybridized carbons (Fsp3) is 0.846. The average Bonchev–Trinajstić information content (AvgIpc) is 2.70. The molecule has 5 heteroatoms. The minimum Gasteiger partial charge on any atom is -0.480 e. The van der Waals surface area contributed by atoms with Crippen molar-refractivity contribution >= 4 is 12.0 Å². The number of piperidine rings is 1. The summed E-state index contributed by atoms with van der Waals surface area (Å²) in [6.45, 7) is 6.14. The van der Waals surface area contributed by atoms with Gasteiger partial charge in [0.05, 0.1) is 0 Å². The maximum Gasteiger partial charge on any atom is 0.326 e. The van der Waals surface area contributed by atoms with Crippen molar-refractivity contribution in [3.63, 3.8) is 0 Å². The minimum atomic E-state index is -0.876. The van der Waals surface area contributed by atoms with Gasteiger partial charge in [0.2, 0.25) is 0 Å². The van der Waals surface area contributed by atoms with Crippen molar-refractivity contribution in [2.24, 2.45) is 11.8 Å². The number of likely N-dealkylation sites (tertiary alicyclic amines) is 2. The van der Waals surface area contributed by atoms with Gasteiger partial charge in [0.25, 0.3) is 0 Å². The summed E-state index contributed by atoms with van der Waals surface area (Å²) in [6.07, 6.45) is 2.96. The molecule has 0 radical (unpaired) electrons. The van der Waals surface area contributed by atoms with Crippen molar-refractivity contribution < 1.29 is 14.7 Å². The molecule has 2 amide bonds. The van der Waals surface area contributed by atoms with E-state index in [0.29, 0.717) is 12.5 Å². The lowest BCUT2D eigenvalue weighted by molar-refractivity contribution is -0.142. The highest BCUT2D eigenvalue weighted by atomic mass is 16.4. The molecule has 2 saturated heterocycles. The summed E-state index contributed by atoms with van der Waals surface area (Å²) in [4.78, 5) is 27.0. The van der Waals surface area contributed by atoms with E-state index in [1.807, 2.05) is 11.8 Å². The second-order valence-electron chi connectivity index (χ2n) is 5.72. The second kappa shape index (κ2) is 5.16. The van der Waals surface area contributed by atoms with E-state index in [4.69, 9.17) is 0 Å². The smallest absolute Gasteiger partial charge is 0.326 e. The lowest BCUT2D eigenvalue weighted by Crippen LogP contribution is -2.51. The first kappa shape index (κ1) is 13.2. The van der Waals surface area contributed by atoms with Crippen LogP contribution >= 0.6 is 0 Å². The Morgan fingerprint density at radius 3 is 2.50 bits per heavy atom. The van der Waals surface area contributed by atoms with E-state index in [2.05, 4.69) is 6.92 Å². The van der Waals surface area contributed by atoms with E-state index in [9.17, 15) is 14.7 Å². The van der Waals surface area contributed by atoms with Gasteiger partial charge in [-0.2, -0.15) is 0 Å². The standard InChI is InChI=1S/C13H22N2O3/c1-9-4-3-6-14(8-9)13(18)15-7-5-10(2)11(15)12(16)17/h9-11H,3-8H2,1-2H3,(H,16,17). The molecular formula is C13H22N2O3. The number of hydrogen-bond acceptors (Lipinski definition) is 2. The minimum absolute atomic E-state index is 0.0497. The molecule has 3 atom stereocenters. The van der Waals surface area contributed by atoms with Crippen molar-refractivity contribution in [2.45, 2.75) is 39.2 Å². The van der Waals surface area contributed by atoms with Crippen LogP contribution in [-0.4, -0.2) is 52.6 Å². The predicted octanol–water partition coefficient (Wildman–Crippen LogP) is 1.63. The van der Waals surface area contributed by atoms with Gasteiger partial charge >= 0.3 is 12.0 Å². The van der Waals surface area contributed by atoms with Gasteiger partial charge in [-0.05, 0) is 31.1 Å². The SMILES string of the molecule is CC1CCCN(C(=O)N2CCC(C)C2C(=O)O)C1. The number of carbonyl (C=O) groups excluding carboxylic acids is 1. The molecule has 2 aliphatic heterocycles. The average molecular weight is 254 g/mol. The number of urea groups is 1.